The lowest BCUT2D eigenvalue weighted by molar-refractivity contribution is 0.175. The van der Waals surface area contributed by atoms with E-state index >= 15 is 0 Å². The van der Waals surface area contributed by atoms with Crippen LogP contribution in [0, 0.1) is 20.8 Å². The molecule has 0 spiro atoms. The standard InChI is InChI=1S/C14H17NO2/c1-9-5-4-6-15-13(9)8-14(16)12-7-10(2)17-11(12)3/h4-7,14,16H,8H2,1-3H3. The average Bonchev–Trinajstić information content (AvgIpc) is 2.61. The fraction of sp³-hybridized carbons (Fsp3) is 0.357. The molecule has 2 heterocycles. The first-order chi connectivity index (χ1) is 8.08. The first-order valence-electron chi connectivity index (χ1n) is 5.73. The van der Waals surface area contributed by atoms with E-state index in [0.29, 0.717) is 6.42 Å². The minimum Gasteiger partial charge on any atom is -0.466 e. The molecule has 0 fully saturated rings. The van der Waals surface area contributed by atoms with Gasteiger partial charge < -0.3 is 9.52 Å². The van der Waals surface area contributed by atoms with E-state index in [1.807, 2.05) is 39.0 Å². The van der Waals surface area contributed by atoms with Gasteiger partial charge in [0, 0.05) is 23.9 Å². The molecule has 2 aromatic rings. The summed E-state index contributed by atoms with van der Waals surface area (Å²) in [6.07, 6.45) is 1.72. The number of pyridine rings is 1. The quantitative estimate of drug-likeness (QED) is 0.883. The second-order valence-corrected chi connectivity index (χ2v) is 4.36. The summed E-state index contributed by atoms with van der Waals surface area (Å²) in [5.41, 5.74) is 2.88. The van der Waals surface area contributed by atoms with Crippen LogP contribution >= 0.6 is 0 Å². The molecule has 0 radical (unpaired) electrons. The van der Waals surface area contributed by atoms with Crippen molar-refractivity contribution in [3.63, 3.8) is 0 Å². The Morgan fingerprint density at radius 1 is 1.35 bits per heavy atom. The van der Waals surface area contributed by atoms with Gasteiger partial charge in [0.1, 0.15) is 11.5 Å². The van der Waals surface area contributed by atoms with E-state index in [1.165, 1.54) is 0 Å². The Hall–Kier alpha value is -1.61. The maximum absolute atomic E-state index is 10.2. The molecule has 2 aromatic heterocycles. The van der Waals surface area contributed by atoms with E-state index < -0.39 is 6.10 Å². The van der Waals surface area contributed by atoms with Gasteiger partial charge in [-0.3, -0.25) is 4.98 Å². The molecule has 1 unspecified atom stereocenters. The van der Waals surface area contributed by atoms with Crippen molar-refractivity contribution >= 4 is 0 Å². The summed E-state index contributed by atoms with van der Waals surface area (Å²) in [6, 6.07) is 5.79. The minimum absolute atomic E-state index is 0.520. The fourth-order valence-corrected chi connectivity index (χ4v) is 2.01. The number of aliphatic hydroxyl groups is 1. The number of aromatic nitrogens is 1. The van der Waals surface area contributed by atoms with Crippen molar-refractivity contribution in [2.45, 2.75) is 33.3 Å². The van der Waals surface area contributed by atoms with Crippen LogP contribution in [0.5, 0.6) is 0 Å². The number of hydrogen-bond acceptors (Lipinski definition) is 3. The largest absolute Gasteiger partial charge is 0.466 e. The molecule has 0 aliphatic rings. The lowest BCUT2D eigenvalue weighted by Gasteiger charge is -2.10. The van der Waals surface area contributed by atoms with Crippen molar-refractivity contribution in [2.24, 2.45) is 0 Å². The molecule has 0 aliphatic heterocycles. The Kier molecular flexibility index (Phi) is 3.29. The third-order valence-electron chi connectivity index (χ3n) is 2.94. The minimum atomic E-state index is -0.555. The van der Waals surface area contributed by atoms with E-state index in [-0.39, 0.29) is 0 Å². The third kappa shape index (κ3) is 2.56. The van der Waals surface area contributed by atoms with E-state index in [9.17, 15) is 5.11 Å². The normalized spacial score (nSPS) is 12.7. The van der Waals surface area contributed by atoms with Crippen LogP contribution in [0.25, 0.3) is 0 Å². The zero-order valence-corrected chi connectivity index (χ0v) is 10.4. The Morgan fingerprint density at radius 3 is 2.71 bits per heavy atom. The molecule has 3 heteroatoms. The van der Waals surface area contributed by atoms with Gasteiger partial charge in [0.15, 0.2) is 0 Å². The van der Waals surface area contributed by atoms with Crippen LogP contribution in [0.2, 0.25) is 0 Å². The van der Waals surface area contributed by atoms with Crippen molar-refractivity contribution in [3.05, 3.63) is 52.7 Å². The molecule has 3 nitrogen and oxygen atoms in total. The van der Waals surface area contributed by atoms with Gasteiger partial charge in [-0.05, 0) is 38.5 Å². The van der Waals surface area contributed by atoms with E-state index in [2.05, 4.69) is 4.98 Å². The summed E-state index contributed by atoms with van der Waals surface area (Å²) in [5, 5.41) is 10.2. The predicted octanol–water partition coefficient (Wildman–Crippen LogP) is 2.88. The molecule has 0 aliphatic carbocycles. The van der Waals surface area contributed by atoms with Gasteiger partial charge in [0.05, 0.1) is 6.10 Å². The molecular formula is C14H17NO2. The van der Waals surface area contributed by atoms with Crippen molar-refractivity contribution in [3.8, 4) is 0 Å². The van der Waals surface area contributed by atoms with E-state index in [0.717, 1.165) is 28.3 Å². The van der Waals surface area contributed by atoms with Crippen LogP contribution in [-0.2, 0) is 6.42 Å². The van der Waals surface area contributed by atoms with Crippen LogP contribution in [0.15, 0.2) is 28.8 Å². The van der Waals surface area contributed by atoms with Gasteiger partial charge in [-0.15, -0.1) is 0 Å². The van der Waals surface area contributed by atoms with E-state index in [4.69, 9.17) is 4.42 Å². The SMILES string of the molecule is Cc1cc(C(O)Cc2ncccc2C)c(C)o1. The fourth-order valence-electron chi connectivity index (χ4n) is 2.01. The highest BCUT2D eigenvalue weighted by Gasteiger charge is 2.16. The molecule has 0 aromatic carbocycles. The highest BCUT2D eigenvalue weighted by molar-refractivity contribution is 5.26. The Morgan fingerprint density at radius 2 is 2.12 bits per heavy atom. The van der Waals surface area contributed by atoms with Crippen LogP contribution < -0.4 is 0 Å². The number of aliphatic hydroxyl groups excluding tert-OH is 1. The second-order valence-electron chi connectivity index (χ2n) is 4.36. The maximum atomic E-state index is 10.2. The molecule has 1 atom stereocenters. The summed E-state index contributed by atoms with van der Waals surface area (Å²) < 4.78 is 5.42. The first kappa shape index (κ1) is 11.9. The average molecular weight is 231 g/mol. The zero-order chi connectivity index (χ0) is 12.4. The van der Waals surface area contributed by atoms with Crippen LogP contribution in [0.3, 0.4) is 0 Å². The lowest BCUT2D eigenvalue weighted by Crippen LogP contribution is -2.05. The summed E-state index contributed by atoms with van der Waals surface area (Å²) >= 11 is 0. The summed E-state index contributed by atoms with van der Waals surface area (Å²) in [5.74, 6) is 1.61. The third-order valence-corrected chi connectivity index (χ3v) is 2.94. The molecule has 90 valence electrons. The van der Waals surface area contributed by atoms with Gasteiger partial charge in [-0.25, -0.2) is 0 Å². The molecule has 17 heavy (non-hydrogen) atoms. The summed E-state index contributed by atoms with van der Waals surface area (Å²) in [6.45, 7) is 5.76. The van der Waals surface area contributed by atoms with Crippen molar-refractivity contribution in [1.82, 2.24) is 4.98 Å². The van der Waals surface area contributed by atoms with Crippen molar-refractivity contribution < 1.29 is 9.52 Å². The Balaban J connectivity index is 2.20. The van der Waals surface area contributed by atoms with Crippen LogP contribution in [0.1, 0.15) is 34.4 Å². The Labute approximate surface area is 101 Å². The summed E-state index contributed by atoms with van der Waals surface area (Å²) in [7, 11) is 0. The highest BCUT2D eigenvalue weighted by Crippen LogP contribution is 2.24. The molecular weight excluding hydrogens is 214 g/mol. The number of furan rings is 1. The smallest absolute Gasteiger partial charge is 0.106 e. The summed E-state index contributed by atoms with van der Waals surface area (Å²) in [4.78, 5) is 4.29. The monoisotopic (exact) mass is 231 g/mol. The van der Waals surface area contributed by atoms with Gasteiger partial charge in [0.25, 0.3) is 0 Å². The maximum Gasteiger partial charge on any atom is 0.106 e. The zero-order valence-electron chi connectivity index (χ0n) is 10.4. The number of nitrogens with zero attached hydrogens (tertiary/aromatic N) is 1. The molecule has 0 saturated heterocycles. The number of rotatable bonds is 3. The number of aryl methyl sites for hydroxylation is 3. The van der Waals surface area contributed by atoms with Crippen LogP contribution in [-0.4, -0.2) is 10.1 Å². The molecule has 1 N–H and O–H groups in total. The lowest BCUT2D eigenvalue weighted by atomic mass is 10.0. The second kappa shape index (κ2) is 4.72. The van der Waals surface area contributed by atoms with Crippen LogP contribution in [0.4, 0.5) is 0 Å². The molecule has 0 bridgehead atoms. The highest BCUT2D eigenvalue weighted by atomic mass is 16.3. The van der Waals surface area contributed by atoms with Crippen molar-refractivity contribution in [2.75, 3.05) is 0 Å². The molecule has 0 saturated carbocycles. The molecule has 2 rings (SSSR count). The van der Waals surface area contributed by atoms with Crippen molar-refractivity contribution in [1.29, 1.82) is 0 Å². The van der Waals surface area contributed by atoms with Gasteiger partial charge in [-0.1, -0.05) is 6.07 Å². The predicted molar refractivity (Wildman–Crippen MR) is 65.8 cm³/mol. The van der Waals surface area contributed by atoms with Gasteiger partial charge in [0.2, 0.25) is 0 Å². The topological polar surface area (TPSA) is 46.3 Å². The van der Waals surface area contributed by atoms with Gasteiger partial charge >= 0.3 is 0 Å². The number of hydrogen-bond donors (Lipinski definition) is 1. The molecule has 0 amide bonds. The van der Waals surface area contributed by atoms with E-state index in [1.54, 1.807) is 6.20 Å². The van der Waals surface area contributed by atoms with Gasteiger partial charge in [-0.2, -0.15) is 0 Å². The Bertz CT molecular complexity index is 517. The first-order valence-corrected chi connectivity index (χ1v) is 5.73.